The van der Waals surface area contributed by atoms with Gasteiger partial charge in [0.05, 0.1) is 0 Å². The summed E-state index contributed by atoms with van der Waals surface area (Å²) < 4.78 is 1.21. The lowest BCUT2D eigenvalue weighted by Gasteiger charge is -2.21. The molecular weight excluding hydrogens is 300 g/mol. The highest BCUT2D eigenvalue weighted by Crippen LogP contribution is 2.20. The van der Waals surface area contributed by atoms with Gasteiger partial charge in [0.1, 0.15) is 0 Å². The highest BCUT2D eigenvalue weighted by Gasteiger charge is 2.09. The summed E-state index contributed by atoms with van der Waals surface area (Å²) >= 11 is 3.69. The van der Waals surface area contributed by atoms with Gasteiger partial charge in [-0.1, -0.05) is 35.0 Å². The molecule has 0 radical (unpaired) electrons. The van der Waals surface area contributed by atoms with Gasteiger partial charge in [-0.05, 0) is 58.0 Å². The molecule has 0 amide bonds. The van der Waals surface area contributed by atoms with Crippen LogP contribution in [0.1, 0.15) is 45.2 Å². The van der Waals surface area contributed by atoms with Crippen molar-refractivity contribution in [3.63, 3.8) is 0 Å². The van der Waals surface area contributed by atoms with Gasteiger partial charge in [-0.15, -0.1) is 0 Å². The molecule has 1 aromatic carbocycles. The quantitative estimate of drug-likeness (QED) is 0.843. The average molecular weight is 327 g/mol. The van der Waals surface area contributed by atoms with E-state index in [-0.39, 0.29) is 5.54 Å². The SMILES string of the molecule is CCCN(C)Cc1ccc(CNC(C)(C)C)cc1Br. The van der Waals surface area contributed by atoms with Crippen molar-refractivity contribution in [2.75, 3.05) is 13.6 Å². The van der Waals surface area contributed by atoms with Crippen LogP contribution in [0, 0.1) is 0 Å². The molecule has 0 atom stereocenters. The molecule has 0 heterocycles. The molecule has 3 heteroatoms. The van der Waals surface area contributed by atoms with E-state index in [4.69, 9.17) is 0 Å². The van der Waals surface area contributed by atoms with Crippen molar-refractivity contribution in [3.8, 4) is 0 Å². The lowest BCUT2D eigenvalue weighted by atomic mass is 10.1. The molecule has 0 fully saturated rings. The fraction of sp³-hybridized carbons (Fsp3) is 0.625. The second-order valence-electron chi connectivity index (χ2n) is 6.27. The summed E-state index contributed by atoms with van der Waals surface area (Å²) in [6, 6.07) is 6.68. The maximum atomic E-state index is 3.69. The lowest BCUT2D eigenvalue weighted by molar-refractivity contribution is 0.327. The van der Waals surface area contributed by atoms with E-state index in [1.54, 1.807) is 0 Å². The van der Waals surface area contributed by atoms with E-state index >= 15 is 0 Å². The van der Waals surface area contributed by atoms with Gasteiger partial charge in [0.15, 0.2) is 0 Å². The van der Waals surface area contributed by atoms with Crippen molar-refractivity contribution >= 4 is 15.9 Å². The van der Waals surface area contributed by atoms with Crippen molar-refractivity contribution in [1.29, 1.82) is 0 Å². The van der Waals surface area contributed by atoms with Gasteiger partial charge < -0.3 is 10.2 Å². The smallest absolute Gasteiger partial charge is 0.0241 e. The zero-order valence-electron chi connectivity index (χ0n) is 12.9. The van der Waals surface area contributed by atoms with Gasteiger partial charge in [-0.3, -0.25) is 0 Å². The molecule has 19 heavy (non-hydrogen) atoms. The first-order valence-electron chi connectivity index (χ1n) is 7.02. The molecule has 0 aliphatic carbocycles. The summed E-state index contributed by atoms with van der Waals surface area (Å²) in [5.41, 5.74) is 2.84. The molecule has 1 aromatic rings. The zero-order valence-corrected chi connectivity index (χ0v) is 14.5. The van der Waals surface area contributed by atoms with Gasteiger partial charge in [0, 0.05) is 23.1 Å². The third-order valence-corrected chi connectivity index (χ3v) is 3.72. The molecule has 1 N–H and O–H groups in total. The van der Waals surface area contributed by atoms with E-state index in [1.807, 2.05) is 0 Å². The number of hydrogen-bond donors (Lipinski definition) is 1. The molecule has 0 saturated heterocycles. The Morgan fingerprint density at radius 2 is 1.95 bits per heavy atom. The normalized spacial score (nSPS) is 12.2. The third-order valence-electron chi connectivity index (χ3n) is 2.99. The van der Waals surface area contributed by atoms with Gasteiger partial charge in [-0.25, -0.2) is 0 Å². The van der Waals surface area contributed by atoms with Crippen LogP contribution in [0.25, 0.3) is 0 Å². The van der Waals surface area contributed by atoms with Gasteiger partial charge in [0.25, 0.3) is 0 Å². The molecule has 0 aliphatic heterocycles. The van der Waals surface area contributed by atoms with Crippen molar-refractivity contribution in [1.82, 2.24) is 10.2 Å². The van der Waals surface area contributed by atoms with Gasteiger partial charge in [0.2, 0.25) is 0 Å². The Hall–Kier alpha value is -0.380. The highest BCUT2D eigenvalue weighted by molar-refractivity contribution is 9.10. The first-order valence-corrected chi connectivity index (χ1v) is 7.82. The summed E-state index contributed by atoms with van der Waals surface area (Å²) in [7, 11) is 2.17. The molecule has 0 bridgehead atoms. The summed E-state index contributed by atoms with van der Waals surface area (Å²) in [6.07, 6.45) is 1.20. The summed E-state index contributed by atoms with van der Waals surface area (Å²) in [5, 5.41) is 3.51. The van der Waals surface area contributed by atoms with E-state index in [2.05, 4.69) is 79.1 Å². The first-order chi connectivity index (χ1) is 8.81. The molecule has 108 valence electrons. The van der Waals surface area contributed by atoms with Gasteiger partial charge in [-0.2, -0.15) is 0 Å². The van der Waals surface area contributed by atoms with E-state index in [0.717, 1.165) is 19.6 Å². The molecule has 2 nitrogen and oxygen atoms in total. The molecule has 0 aliphatic rings. The van der Waals surface area contributed by atoms with E-state index in [0.29, 0.717) is 0 Å². The lowest BCUT2D eigenvalue weighted by Crippen LogP contribution is -2.35. The van der Waals surface area contributed by atoms with Crippen LogP contribution in [0.4, 0.5) is 0 Å². The van der Waals surface area contributed by atoms with Gasteiger partial charge >= 0.3 is 0 Å². The first kappa shape index (κ1) is 16.7. The van der Waals surface area contributed by atoms with Crippen LogP contribution in [-0.4, -0.2) is 24.0 Å². The fourth-order valence-corrected chi connectivity index (χ4v) is 2.50. The van der Waals surface area contributed by atoms with Crippen LogP contribution in [0.3, 0.4) is 0 Å². The van der Waals surface area contributed by atoms with Crippen molar-refractivity contribution < 1.29 is 0 Å². The number of hydrogen-bond acceptors (Lipinski definition) is 2. The van der Waals surface area contributed by atoms with Crippen LogP contribution in [0.5, 0.6) is 0 Å². The van der Waals surface area contributed by atoms with E-state index in [9.17, 15) is 0 Å². The predicted molar refractivity (Wildman–Crippen MR) is 87.4 cm³/mol. The molecule has 1 rings (SSSR count). The van der Waals surface area contributed by atoms with Crippen LogP contribution in [0.2, 0.25) is 0 Å². The summed E-state index contributed by atoms with van der Waals surface area (Å²) in [5.74, 6) is 0. The van der Waals surface area contributed by atoms with Crippen molar-refractivity contribution in [3.05, 3.63) is 33.8 Å². The number of halogens is 1. The Balaban J connectivity index is 2.64. The number of benzene rings is 1. The second kappa shape index (κ2) is 7.41. The average Bonchev–Trinajstić information content (AvgIpc) is 2.29. The highest BCUT2D eigenvalue weighted by atomic mass is 79.9. The fourth-order valence-electron chi connectivity index (χ4n) is 1.95. The van der Waals surface area contributed by atoms with Crippen LogP contribution >= 0.6 is 15.9 Å². The van der Waals surface area contributed by atoms with Crippen molar-refractivity contribution in [2.45, 2.75) is 52.7 Å². The maximum absolute atomic E-state index is 3.69. The van der Waals surface area contributed by atoms with Crippen LogP contribution in [-0.2, 0) is 13.1 Å². The van der Waals surface area contributed by atoms with Crippen LogP contribution < -0.4 is 5.32 Å². The number of nitrogens with zero attached hydrogens (tertiary/aromatic N) is 1. The Morgan fingerprint density at radius 1 is 1.26 bits per heavy atom. The standard InChI is InChI=1S/C16H27BrN2/c1-6-9-19(5)12-14-8-7-13(10-15(14)17)11-18-16(2,3)4/h7-8,10,18H,6,9,11-12H2,1-5H3. The Bertz CT molecular complexity index is 396. The largest absolute Gasteiger partial charge is 0.308 e. The Morgan fingerprint density at radius 3 is 2.47 bits per heavy atom. The number of rotatable bonds is 6. The zero-order chi connectivity index (χ0) is 14.5. The minimum atomic E-state index is 0.159. The third kappa shape index (κ3) is 6.55. The minimum absolute atomic E-state index is 0.159. The Labute approximate surface area is 126 Å². The molecule has 0 aromatic heterocycles. The number of nitrogens with one attached hydrogen (secondary N) is 1. The molecule has 0 saturated carbocycles. The topological polar surface area (TPSA) is 15.3 Å². The molecule has 0 spiro atoms. The maximum Gasteiger partial charge on any atom is 0.0241 e. The molecular formula is C16H27BrN2. The van der Waals surface area contributed by atoms with Crippen LogP contribution in [0.15, 0.2) is 22.7 Å². The predicted octanol–water partition coefficient (Wildman–Crippen LogP) is 4.18. The Kier molecular flexibility index (Phi) is 6.51. The molecule has 0 unspecified atom stereocenters. The van der Waals surface area contributed by atoms with E-state index < -0.39 is 0 Å². The van der Waals surface area contributed by atoms with E-state index in [1.165, 1.54) is 22.0 Å². The second-order valence-corrected chi connectivity index (χ2v) is 7.12. The summed E-state index contributed by atoms with van der Waals surface area (Å²) in [6.45, 7) is 11.8. The van der Waals surface area contributed by atoms with Crippen molar-refractivity contribution in [2.24, 2.45) is 0 Å². The monoisotopic (exact) mass is 326 g/mol. The minimum Gasteiger partial charge on any atom is -0.308 e. The summed E-state index contributed by atoms with van der Waals surface area (Å²) in [4.78, 5) is 2.35.